The summed E-state index contributed by atoms with van der Waals surface area (Å²) in [6.45, 7) is 3.84. The third-order valence-electron chi connectivity index (χ3n) is 6.36. The number of carbonyl (C=O) groups excluding carboxylic acids is 1. The first-order chi connectivity index (χ1) is 19.3. The van der Waals surface area contributed by atoms with E-state index in [0.29, 0.717) is 16.9 Å². The highest BCUT2D eigenvalue weighted by atomic mass is 16.6. The molecule has 206 valence electrons. The quantitative estimate of drug-likeness (QED) is 0.293. The number of carbonyl (C=O) groups is 2. The summed E-state index contributed by atoms with van der Waals surface area (Å²) in [7, 11) is 2.78. The van der Waals surface area contributed by atoms with E-state index >= 15 is 0 Å². The number of methoxy groups -OCH3 is 2. The Morgan fingerprint density at radius 2 is 1.35 bits per heavy atom. The Morgan fingerprint density at radius 1 is 0.800 bits per heavy atom. The van der Waals surface area contributed by atoms with Gasteiger partial charge in [0.1, 0.15) is 11.3 Å². The van der Waals surface area contributed by atoms with Crippen LogP contribution < -0.4 is 24.3 Å². The topological polar surface area (TPSA) is 129 Å². The van der Waals surface area contributed by atoms with Crippen molar-refractivity contribution in [1.82, 2.24) is 15.3 Å². The van der Waals surface area contributed by atoms with Gasteiger partial charge in [-0.1, -0.05) is 66.7 Å². The average molecular weight is 544 g/mol. The van der Waals surface area contributed by atoms with Gasteiger partial charge in [0.2, 0.25) is 17.9 Å². The fraction of sp³-hybridized carbons (Fsp3) is 0.200. The second-order valence-corrected chi connectivity index (χ2v) is 8.87. The molecule has 1 heterocycles. The summed E-state index contributed by atoms with van der Waals surface area (Å²) >= 11 is 0. The lowest BCUT2D eigenvalue weighted by molar-refractivity contribution is -0.149. The molecule has 0 saturated heterocycles. The van der Waals surface area contributed by atoms with Crippen molar-refractivity contribution in [3.63, 3.8) is 0 Å². The Balaban J connectivity index is 1.87. The van der Waals surface area contributed by atoms with E-state index in [9.17, 15) is 14.7 Å². The summed E-state index contributed by atoms with van der Waals surface area (Å²) in [4.78, 5) is 34.8. The minimum atomic E-state index is -1.80. The summed E-state index contributed by atoms with van der Waals surface area (Å²) in [5.74, 6) is -0.912. The van der Waals surface area contributed by atoms with Crippen molar-refractivity contribution in [3.8, 4) is 23.5 Å². The van der Waals surface area contributed by atoms with Gasteiger partial charge in [0.05, 0.1) is 20.3 Å². The standard InChI is InChI=1S/C30H29N3O7/c1-19-15-16-23(17-20(19)2)39-29(36)33-30(21-11-7-5-8-12-21,22-13-9-6-10-14-22)26(27(34)35)40-28-31-24(37-3)18-25(32-28)38-4/h5-18,26H,1-4H3,(H,33,36)(H,34,35). The number of ether oxygens (including phenoxy) is 4. The first kappa shape index (κ1) is 27.9. The molecule has 0 saturated carbocycles. The van der Waals surface area contributed by atoms with Gasteiger partial charge in [-0.15, -0.1) is 0 Å². The van der Waals surface area contributed by atoms with E-state index in [4.69, 9.17) is 18.9 Å². The molecule has 3 aromatic carbocycles. The molecule has 4 aromatic rings. The fourth-order valence-corrected chi connectivity index (χ4v) is 4.23. The zero-order valence-electron chi connectivity index (χ0n) is 22.5. The molecule has 0 aliphatic heterocycles. The van der Waals surface area contributed by atoms with Gasteiger partial charge in [0, 0.05) is 0 Å². The highest BCUT2D eigenvalue weighted by Crippen LogP contribution is 2.36. The molecule has 1 unspecified atom stereocenters. The highest BCUT2D eigenvalue weighted by molar-refractivity contribution is 5.80. The van der Waals surface area contributed by atoms with Crippen LogP contribution in [-0.4, -0.2) is 47.5 Å². The van der Waals surface area contributed by atoms with Crippen molar-refractivity contribution in [3.05, 3.63) is 107 Å². The lowest BCUT2D eigenvalue weighted by Gasteiger charge is -2.39. The Labute approximate surface area is 231 Å². The average Bonchev–Trinajstić information content (AvgIpc) is 2.97. The second kappa shape index (κ2) is 12.2. The zero-order chi connectivity index (χ0) is 28.7. The predicted molar refractivity (Wildman–Crippen MR) is 146 cm³/mol. The van der Waals surface area contributed by atoms with Gasteiger partial charge >= 0.3 is 18.1 Å². The van der Waals surface area contributed by atoms with Crippen molar-refractivity contribution in [1.29, 1.82) is 0 Å². The lowest BCUT2D eigenvalue weighted by Crippen LogP contribution is -2.60. The number of rotatable bonds is 10. The first-order valence-electron chi connectivity index (χ1n) is 12.3. The van der Waals surface area contributed by atoms with Crippen LogP contribution in [0.1, 0.15) is 22.3 Å². The van der Waals surface area contributed by atoms with Gasteiger partial charge < -0.3 is 29.4 Å². The number of amides is 1. The van der Waals surface area contributed by atoms with Crippen molar-refractivity contribution < 1.29 is 33.6 Å². The molecular weight excluding hydrogens is 514 g/mol. The number of carboxylic acid groups (broad SMARTS) is 1. The molecule has 1 atom stereocenters. The van der Waals surface area contributed by atoms with Crippen LogP contribution in [0, 0.1) is 13.8 Å². The molecule has 2 N–H and O–H groups in total. The van der Waals surface area contributed by atoms with Crippen molar-refractivity contribution in [2.24, 2.45) is 0 Å². The minimum Gasteiger partial charge on any atom is -0.481 e. The largest absolute Gasteiger partial charge is 0.481 e. The maximum atomic E-state index is 13.5. The molecule has 1 amide bonds. The molecule has 0 aliphatic carbocycles. The van der Waals surface area contributed by atoms with Crippen LogP contribution in [0.3, 0.4) is 0 Å². The molecule has 0 radical (unpaired) electrons. The number of benzene rings is 3. The second-order valence-electron chi connectivity index (χ2n) is 8.87. The molecule has 0 aliphatic rings. The number of carboxylic acids is 1. The molecular formula is C30H29N3O7. The van der Waals surface area contributed by atoms with Crippen LogP contribution in [0.25, 0.3) is 0 Å². The molecule has 4 rings (SSSR count). The fourth-order valence-electron chi connectivity index (χ4n) is 4.23. The molecule has 0 fully saturated rings. The number of nitrogens with zero attached hydrogens (tertiary/aromatic N) is 2. The smallest absolute Gasteiger partial charge is 0.413 e. The molecule has 0 spiro atoms. The third-order valence-corrected chi connectivity index (χ3v) is 6.36. The van der Waals surface area contributed by atoms with Crippen LogP contribution in [-0.2, 0) is 10.3 Å². The number of aromatic nitrogens is 2. The highest BCUT2D eigenvalue weighted by Gasteiger charge is 2.50. The van der Waals surface area contributed by atoms with Crippen LogP contribution in [0.4, 0.5) is 4.79 Å². The van der Waals surface area contributed by atoms with E-state index in [1.807, 2.05) is 19.9 Å². The SMILES string of the molecule is COc1cc(OC)nc(OC(C(=O)O)C(NC(=O)Oc2ccc(C)c(C)c2)(c2ccccc2)c2ccccc2)n1. The minimum absolute atomic E-state index is 0.0955. The summed E-state index contributed by atoms with van der Waals surface area (Å²) < 4.78 is 22.0. The Kier molecular flexibility index (Phi) is 8.48. The summed E-state index contributed by atoms with van der Waals surface area (Å²) in [5.41, 5.74) is 0.994. The molecule has 40 heavy (non-hydrogen) atoms. The summed E-state index contributed by atoms with van der Waals surface area (Å²) in [5, 5.41) is 13.4. The van der Waals surface area contributed by atoms with Crippen LogP contribution in [0.2, 0.25) is 0 Å². The van der Waals surface area contributed by atoms with E-state index in [1.54, 1.807) is 72.8 Å². The number of nitrogens with one attached hydrogen (secondary N) is 1. The monoisotopic (exact) mass is 543 g/mol. The van der Waals surface area contributed by atoms with E-state index in [2.05, 4.69) is 15.3 Å². The molecule has 10 nitrogen and oxygen atoms in total. The normalized spacial score (nSPS) is 11.7. The maximum Gasteiger partial charge on any atom is 0.413 e. The predicted octanol–water partition coefficient (Wildman–Crippen LogP) is 4.68. The lowest BCUT2D eigenvalue weighted by atomic mass is 9.78. The Bertz CT molecular complexity index is 1420. The Hall–Kier alpha value is -5.12. The summed E-state index contributed by atoms with van der Waals surface area (Å²) in [6, 6.07) is 23.5. The van der Waals surface area contributed by atoms with Crippen LogP contribution in [0.5, 0.6) is 23.5 Å². The van der Waals surface area contributed by atoms with Gasteiger partial charge in [-0.2, -0.15) is 9.97 Å². The van der Waals surface area contributed by atoms with Crippen LogP contribution in [0.15, 0.2) is 84.9 Å². The van der Waals surface area contributed by atoms with Crippen LogP contribution >= 0.6 is 0 Å². The number of aliphatic carboxylic acids is 1. The summed E-state index contributed by atoms with van der Waals surface area (Å²) in [6.07, 6.45) is -2.67. The van der Waals surface area contributed by atoms with E-state index in [1.165, 1.54) is 20.3 Å². The van der Waals surface area contributed by atoms with Crippen molar-refractivity contribution in [2.45, 2.75) is 25.5 Å². The third kappa shape index (κ3) is 5.96. The zero-order valence-corrected chi connectivity index (χ0v) is 22.5. The Morgan fingerprint density at radius 3 is 1.82 bits per heavy atom. The maximum absolute atomic E-state index is 13.5. The number of hydrogen-bond donors (Lipinski definition) is 2. The van der Waals surface area contributed by atoms with Gasteiger partial charge in [0.25, 0.3) is 0 Å². The van der Waals surface area contributed by atoms with Gasteiger partial charge in [0.15, 0.2) is 0 Å². The van der Waals surface area contributed by atoms with Crippen molar-refractivity contribution in [2.75, 3.05) is 14.2 Å². The van der Waals surface area contributed by atoms with Crippen molar-refractivity contribution >= 4 is 12.1 Å². The van der Waals surface area contributed by atoms with Gasteiger partial charge in [-0.3, -0.25) is 0 Å². The first-order valence-corrected chi connectivity index (χ1v) is 12.3. The van der Waals surface area contributed by atoms with E-state index < -0.39 is 23.7 Å². The number of hydrogen-bond acceptors (Lipinski definition) is 8. The van der Waals surface area contributed by atoms with E-state index in [-0.39, 0.29) is 17.8 Å². The van der Waals surface area contributed by atoms with E-state index in [0.717, 1.165) is 11.1 Å². The molecule has 1 aromatic heterocycles. The molecule has 10 heteroatoms. The number of aryl methyl sites for hydroxylation is 2. The van der Waals surface area contributed by atoms with Gasteiger partial charge in [-0.05, 0) is 48.2 Å². The molecule has 0 bridgehead atoms. The van der Waals surface area contributed by atoms with Gasteiger partial charge in [-0.25, -0.2) is 9.59 Å².